The first kappa shape index (κ1) is 28.6. The average Bonchev–Trinajstić information content (AvgIpc) is 3.28. The van der Waals surface area contributed by atoms with Gasteiger partial charge in [0.15, 0.2) is 0 Å². The molecule has 0 bridgehead atoms. The van der Waals surface area contributed by atoms with Crippen molar-refractivity contribution in [3.63, 3.8) is 0 Å². The van der Waals surface area contributed by atoms with Crippen molar-refractivity contribution in [3.05, 3.63) is 12.2 Å². The van der Waals surface area contributed by atoms with Gasteiger partial charge in [-0.3, -0.25) is 4.79 Å². The van der Waals surface area contributed by atoms with Crippen LogP contribution in [0.15, 0.2) is 12.2 Å². The summed E-state index contributed by atoms with van der Waals surface area (Å²) >= 11 is 0. The van der Waals surface area contributed by atoms with Crippen molar-refractivity contribution < 1.29 is 15.0 Å². The fourth-order valence-electron chi connectivity index (χ4n) is 12.0. The summed E-state index contributed by atoms with van der Waals surface area (Å²) in [4.78, 5) is 13.9. The van der Waals surface area contributed by atoms with Crippen LogP contribution in [0, 0.1) is 56.7 Å². The van der Waals surface area contributed by atoms with E-state index < -0.39 is 11.5 Å². The smallest absolute Gasteiger partial charge is 0.226 e. The van der Waals surface area contributed by atoms with E-state index in [-0.39, 0.29) is 34.2 Å². The lowest BCUT2D eigenvalue weighted by Crippen LogP contribution is -2.68. The van der Waals surface area contributed by atoms with Crippen LogP contribution in [0.25, 0.3) is 0 Å². The summed E-state index contributed by atoms with van der Waals surface area (Å²) in [5, 5.41) is 24.8. The molecule has 38 heavy (non-hydrogen) atoms. The number of fused-ring (bicyclic) bond motifs is 7. The molecule has 0 aliphatic heterocycles. The third kappa shape index (κ3) is 3.62. The first-order valence-electron chi connectivity index (χ1n) is 15.8. The lowest BCUT2D eigenvalue weighted by Gasteiger charge is -2.73. The van der Waals surface area contributed by atoms with E-state index in [1.807, 2.05) is 0 Å². The van der Waals surface area contributed by atoms with Gasteiger partial charge in [-0.05, 0) is 130 Å². The highest BCUT2D eigenvalue weighted by molar-refractivity contribution is 5.83. The monoisotopic (exact) mass is 528 g/mol. The van der Waals surface area contributed by atoms with Crippen molar-refractivity contribution in [2.45, 2.75) is 111 Å². The third-order valence-electron chi connectivity index (χ3n) is 14.3. The molecular weight excluding hydrogens is 472 g/mol. The van der Waals surface area contributed by atoms with Gasteiger partial charge in [-0.25, -0.2) is 0 Å². The molecule has 0 spiro atoms. The van der Waals surface area contributed by atoms with Gasteiger partial charge in [-0.1, -0.05) is 39.8 Å². The van der Waals surface area contributed by atoms with Gasteiger partial charge in [0.25, 0.3) is 0 Å². The number of amides is 1. The molecule has 5 fully saturated rings. The minimum Gasteiger partial charge on any atom is -0.396 e. The molecule has 0 aromatic heterocycles. The molecule has 5 rings (SSSR count). The third-order valence-corrected chi connectivity index (χ3v) is 14.3. The summed E-state index contributed by atoms with van der Waals surface area (Å²) in [5.41, 5.74) is 6.84. The summed E-state index contributed by atoms with van der Waals surface area (Å²) in [7, 11) is 0. The number of nitrogens with two attached hydrogens (primary N) is 1. The zero-order valence-corrected chi connectivity index (χ0v) is 25.0. The first-order chi connectivity index (χ1) is 17.9. The predicted octanol–water partition coefficient (Wildman–Crippen LogP) is 5.44. The Hall–Kier alpha value is -0.910. The fraction of sp³-hybridized carbons (Fsp3) is 0.909. The minimum atomic E-state index is -0.412. The number of hydrogen-bond acceptors (Lipinski definition) is 4. The second-order valence-corrected chi connectivity index (χ2v) is 15.5. The molecule has 0 saturated heterocycles. The number of aliphatic hydroxyl groups is 2. The SMILES string of the molecule is C=C(C)[C@@H]1CC[C@]2(C(=O)NCCCN)CC[C@]3(C)C(CCC4[C@@]5(C)CC[C@H](O)[C@@](C)(CO)C5CC[C@]43C)C12. The van der Waals surface area contributed by atoms with Crippen molar-refractivity contribution >= 4 is 5.91 Å². The maximum Gasteiger partial charge on any atom is 0.226 e. The van der Waals surface area contributed by atoms with Gasteiger partial charge in [0.2, 0.25) is 5.91 Å². The normalized spacial score (nSPS) is 51.8. The summed E-state index contributed by atoms with van der Waals surface area (Å²) in [6, 6.07) is 0. The van der Waals surface area contributed by atoms with Gasteiger partial charge in [0, 0.05) is 12.0 Å². The second kappa shape index (κ2) is 9.58. The maximum absolute atomic E-state index is 13.9. The van der Waals surface area contributed by atoms with E-state index in [4.69, 9.17) is 5.73 Å². The number of allylic oxidation sites excluding steroid dienone is 1. The minimum absolute atomic E-state index is 0.0713. The maximum atomic E-state index is 13.9. The highest BCUT2D eigenvalue weighted by Crippen LogP contribution is 2.77. The molecular formula is C33H56N2O3. The second-order valence-electron chi connectivity index (χ2n) is 15.5. The number of carbonyl (C=O) groups excluding carboxylic acids is 1. The predicted molar refractivity (Wildman–Crippen MR) is 153 cm³/mol. The molecule has 5 heteroatoms. The molecule has 5 saturated carbocycles. The molecule has 1 amide bonds. The lowest BCUT2D eigenvalue weighted by atomic mass is 9.32. The van der Waals surface area contributed by atoms with Crippen LogP contribution in [0.2, 0.25) is 0 Å². The van der Waals surface area contributed by atoms with Gasteiger partial charge < -0.3 is 21.3 Å². The number of nitrogens with one attached hydrogen (secondary N) is 1. The summed E-state index contributed by atoms with van der Waals surface area (Å²) in [6.45, 7) is 17.9. The van der Waals surface area contributed by atoms with Crippen molar-refractivity contribution in [3.8, 4) is 0 Å². The Labute approximate surface area is 231 Å². The van der Waals surface area contributed by atoms with Crippen LogP contribution in [0.1, 0.15) is 105 Å². The lowest BCUT2D eigenvalue weighted by molar-refractivity contribution is -0.252. The van der Waals surface area contributed by atoms with E-state index in [1.165, 1.54) is 18.4 Å². The standard InChI is InChI=1S/C33H56N2O3/c1-21(2)22-10-15-33(28(38)35-19-7-18-34)17-16-31(5)23(27(22)33)8-9-25-29(3)13-12-26(37)30(4,20-36)24(29)11-14-32(25,31)6/h22-27,36-37H,1,7-20,34H2,2-6H3,(H,35,38)/t22-,23?,24?,25?,26-,27?,29-,30-,31+,32+,33-/m0/s1. The number of rotatable bonds is 6. The van der Waals surface area contributed by atoms with Crippen LogP contribution in [0.3, 0.4) is 0 Å². The number of aliphatic hydroxyl groups excluding tert-OH is 2. The highest BCUT2D eigenvalue weighted by atomic mass is 16.3. The van der Waals surface area contributed by atoms with Crippen molar-refractivity contribution in [1.82, 2.24) is 5.32 Å². The summed E-state index contributed by atoms with van der Waals surface area (Å²) in [5.74, 6) is 2.55. The first-order valence-corrected chi connectivity index (χ1v) is 15.8. The van der Waals surface area contributed by atoms with E-state index in [0.29, 0.717) is 42.7 Å². The average molecular weight is 529 g/mol. The van der Waals surface area contributed by atoms with E-state index in [1.54, 1.807) is 0 Å². The van der Waals surface area contributed by atoms with Gasteiger partial charge in [0.05, 0.1) is 18.1 Å². The topological polar surface area (TPSA) is 95.6 Å². The molecule has 5 aliphatic rings. The van der Waals surface area contributed by atoms with Gasteiger partial charge in [-0.15, -0.1) is 0 Å². The van der Waals surface area contributed by atoms with E-state index >= 15 is 0 Å². The van der Waals surface area contributed by atoms with Crippen LogP contribution in [0.4, 0.5) is 0 Å². The van der Waals surface area contributed by atoms with Crippen LogP contribution < -0.4 is 11.1 Å². The zero-order chi connectivity index (χ0) is 27.7. The molecule has 0 heterocycles. The zero-order valence-electron chi connectivity index (χ0n) is 25.0. The fourth-order valence-corrected chi connectivity index (χ4v) is 12.0. The summed E-state index contributed by atoms with van der Waals surface area (Å²) < 4.78 is 0. The molecule has 11 atom stereocenters. The molecule has 0 aromatic carbocycles. The molecule has 4 unspecified atom stereocenters. The highest BCUT2D eigenvalue weighted by Gasteiger charge is 2.72. The number of carbonyl (C=O) groups is 1. The largest absolute Gasteiger partial charge is 0.396 e. The van der Waals surface area contributed by atoms with Crippen molar-refractivity contribution in [1.29, 1.82) is 0 Å². The van der Waals surface area contributed by atoms with Crippen LogP contribution in [-0.4, -0.2) is 41.9 Å². The molecule has 0 aromatic rings. The Morgan fingerprint density at radius 2 is 1.68 bits per heavy atom. The molecule has 5 N–H and O–H groups in total. The van der Waals surface area contributed by atoms with Crippen LogP contribution in [-0.2, 0) is 4.79 Å². The quantitative estimate of drug-likeness (QED) is 0.273. The Balaban J connectivity index is 1.51. The Morgan fingerprint density at radius 3 is 2.34 bits per heavy atom. The Kier molecular flexibility index (Phi) is 7.22. The van der Waals surface area contributed by atoms with E-state index in [2.05, 4.69) is 46.5 Å². The van der Waals surface area contributed by atoms with E-state index in [9.17, 15) is 15.0 Å². The van der Waals surface area contributed by atoms with Gasteiger partial charge >= 0.3 is 0 Å². The van der Waals surface area contributed by atoms with Gasteiger partial charge in [-0.2, -0.15) is 0 Å². The van der Waals surface area contributed by atoms with Gasteiger partial charge in [0.1, 0.15) is 0 Å². The molecule has 5 nitrogen and oxygen atoms in total. The van der Waals surface area contributed by atoms with Crippen LogP contribution >= 0.6 is 0 Å². The van der Waals surface area contributed by atoms with Crippen LogP contribution in [0.5, 0.6) is 0 Å². The van der Waals surface area contributed by atoms with Crippen molar-refractivity contribution in [2.24, 2.45) is 62.4 Å². The molecule has 216 valence electrons. The Morgan fingerprint density at radius 1 is 0.947 bits per heavy atom. The van der Waals surface area contributed by atoms with Crippen molar-refractivity contribution in [2.75, 3.05) is 19.7 Å². The molecule has 5 aliphatic carbocycles. The number of hydrogen-bond donors (Lipinski definition) is 4. The van der Waals surface area contributed by atoms with E-state index in [0.717, 1.165) is 57.8 Å². The summed E-state index contributed by atoms with van der Waals surface area (Å²) in [6.07, 6.45) is 11.1. The molecule has 0 radical (unpaired) electrons. The Bertz CT molecular complexity index is 953.